The molecule has 2 N–H and O–H groups in total. The first kappa shape index (κ1) is 25.6. The third kappa shape index (κ3) is 6.21. The Balaban J connectivity index is 1.46. The Labute approximate surface area is 211 Å². The van der Waals surface area contributed by atoms with Gasteiger partial charge in [0, 0.05) is 17.0 Å². The molecule has 1 fully saturated rings. The molecule has 36 heavy (non-hydrogen) atoms. The molecule has 0 saturated heterocycles. The number of oxazole rings is 1. The average Bonchev–Trinajstić information content (AvgIpc) is 3.31. The molecule has 1 aromatic heterocycles. The predicted octanol–water partition coefficient (Wildman–Crippen LogP) is 5.62. The summed E-state index contributed by atoms with van der Waals surface area (Å²) >= 11 is 0. The van der Waals surface area contributed by atoms with E-state index in [4.69, 9.17) is 14.1 Å². The van der Waals surface area contributed by atoms with Crippen molar-refractivity contribution in [1.82, 2.24) is 10.3 Å². The largest absolute Gasteiger partial charge is 0.480 e. The highest BCUT2D eigenvalue weighted by Gasteiger charge is 2.32. The number of carboxylic acids is 1. The highest BCUT2D eigenvalue weighted by Crippen LogP contribution is 2.32. The van der Waals surface area contributed by atoms with Crippen LogP contribution in [-0.2, 0) is 20.9 Å². The van der Waals surface area contributed by atoms with Crippen molar-refractivity contribution < 1.29 is 23.8 Å². The second-order valence-electron chi connectivity index (χ2n) is 9.89. The summed E-state index contributed by atoms with van der Waals surface area (Å²) in [6.07, 6.45) is 2.87. The number of aliphatic carboxylic acids is 1. The van der Waals surface area contributed by atoms with E-state index in [0.29, 0.717) is 23.8 Å². The summed E-state index contributed by atoms with van der Waals surface area (Å²) in [4.78, 5) is 29.1. The molecule has 3 aromatic rings. The maximum atomic E-state index is 12.8. The van der Waals surface area contributed by atoms with Gasteiger partial charge in [0.05, 0.1) is 12.7 Å². The van der Waals surface area contributed by atoms with Crippen molar-refractivity contribution >= 4 is 11.9 Å². The molecule has 1 saturated carbocycles. The number of carbonyl (C=O) groups is 2. The summed E-state index contributed by atoms with van der Waals surface area (Å²) < 4.78 is 12.5. The zero-order chi connectivity index (χ0) is 25.7. The Morgan fingerprint density at radius 2 is 1.81 bits per heavy atom. The Kier molecular flexibility index (Phi) is 8.21. The molecule has 0 radical (unpaired) electrons. The van der Waals surface area contributed by atoms with Crippen LogP contribution in [0, 0.1) is 18.8 Å². The standard InChI is InChI=1S/C29H34N2O5/c1-18(2)25(29(33)34)31-27(32)22-10-7-11-23(16-22)35-17-24-26(20-8-5-4-6-9-20)36-28(30-24)21-14-12-19(3)13-15-21/h4-6,8-9,12-15,18,22-23,25H,7,10-11,16-17H2,1-3H3,(H,31,32)(H,33,34)/t22-,23+,25?/m0/s1. The van der Waals surface area contributed by atoms with Crippen LogP contribution in [-0.4, -0.2) is 34.1 Å². The van der Waals surface area contributed by atoms with Gasteiger partial charge >= 0.3 is 5.97 Å². The lowest BCUT2D eigenvalue weighted by Gasteiger charge is -2.29. The number of nitrogens with zero attached hydrogens (tertiary/aromatic N) is 1. The minimum atomic E-state index is -1.01. The smallest absolute Gasteiger partial charge is 0.326 e. The fourth-order valence-corrected chi connectivity index (χ4v) is 4.60. The fourth-order valence-electron chi connectivity index (χ4n) is 4.60. The second-order valence-corrected chi connectivity index (χ2v) is 9.89. The number of aryl methyl sites for hydroxylation is 1. The van der Waals surface area contributed by atoms with E-state index in [2.05, 4.69) is 5.32 Å². The van der Waals surface area contributed by atoms with Crippen molar-refractivity contribution in [1.29, 1.82) is 0 Å². The third-order valence-corrected chi connectivity index (χ3v) is 6.71. The van der Waals surface area contributed by atoms with Crippen molar-refractivity contribution in [2.45, 2.75) is 65.2 Å². The van der Waals surface area contributed by atoms with Crippen molar-refractivity contribution in [3.63, 3.8) is 0 Å². The molecule has 2 aromatic carbocycles. The molecule has 3 atom stereocenters. The number of amides is 1. The lowest BCUT2D eigenvalue weighted by Crippen LogP contribution is -2.47. The van der Waals surface area contributed by atoms with E-state index in [9.17, 15) is 14.7 Å². The molecule has 0 bridgehead atoms. The Hall–Kier alpha value is -3.45. The normalized spacial score (nSPS) is 18.7. The van der Waals surface area contributed by atoms with Gasteiger partial charge in [-0.15, -0.1) is 0 Å². The molecule has 1 heterocycles. The third-order valence-electron chi connectivity index (χ3n) is 6.71. The van der Waals surface area contributed by atoms with Gasteiger partial charge in [0.2, 0.25) is 11.8 Å². The van der Waals surface area contributed by atoms with Gasteiger partial charge in [-0.25, -0.2) is 9.78 Å². The van der Waals surface area contributed by atoms with Crippen LogP contribution in [0.2, 0.25) is 0 Å². The number of nitrogens with one attached hydrogen (secondary N) is 1. The van der Waals surface area contributed by atoms with Crippen molar-refractivity contribution in [2.75, 3.05) is 0 Å². The molecule has 1 aliphatic carbocycles. The van der Waals surface area contributed by atoms with Crippen molar-refractivity contribution in [3.8, 4) is 22.8 Å². The fraction of sp³-hybridized carbons (Fsp3) is 0.414. The molecule has 0 spiro atoms. The van der Waals surface area contributed by atoms with Crippen LogP contribution in [0.15, 0.2) is 59.0 Å². The van der Waals surface area contributed by atoms with E-state index in [0.717, 1.165) is 36.0 Å². The van der Waals surface area contributed by atoms with Crippen LogP contribution in [0.4, 0.5) is 0 Å². The lowest BCUT2D eigenvalue weighted by molar-refractivity contribution is -0.144. The summed E-state index contributed by atoms with van der Waals surface area (Å²) in [5, 5.41) is 12.1. The monoisotopic (exact) mass is 490 g/mol. The minimum absolute atomic E-state index is 0.111. The number of rotatable bonds is 9. The second kappa shape index (κ2) is 11.5. The number of hydrogen-bond acceptors (Lipinski definition) is 5. The maximum Gasteiger partial charge on any atom is 0.326 e. The van der Waals surface area contributed by atoms with Gasteiger partial charge in [-0.2, -0.15) is 0 Å². The van der Waals surface area contributed by atoms with Crippen LogP contribution in [0.3, 0.4) is 0 Å². The number of carboxylic acid groups (broad SMARTS) is 1. The summed E-state index contributed by atoms with van der Waals surface area (Å²) in [6, 6.07) is 17.0. The quantitative estimate of drug-likeness (QED) is 0.404. The number of hydrogen-bond donors (Lipinski definition) is 2. The SMILES string of the molecule is Cc1ccc(-c2nc(CO[C@@H]3CCC[C@H](C(=O)NC(C(=O)O)C(C)C)C3)c(-c3ccccc3)o2)cc1. The topological polar surface area (TPSA) is 102 Å². The predicted molar refractivity (Wildman–Crippen MR) is 137 cm³/mol. The van der Waals surface area contributed by atoms with Gasteiger partial charge in [-0.05, 0) is 44.2 Å². The Bertz CT molecular complexity index is 1170. The van der Waals surface area contributed by atoms with Crippen LogP contribution in [0.25, 0.3) is 22.8 Å². The number of aromatic nitrogens is 1. The maximum absolute atomic E-state index is 12.8. The van der Waals surface area contributed by atoms with Gasteiger partial charge in [-0.3, -0.25) is 4.79 Å². The van der Waals surface area contributed by atoms with Crippen LogP contribution in [0.5, 0.6) is 0 Å². The molecule has 0 aliphatic heterocycles. The highest BCUT2D eigenvalue weighted by molar-refractivity contribution is 5.85. The molecular weight excluding hydrogens is 456 g/mol. The van der Waals surface area contributed by atoms with Gasteiger partial charge in [0.25, 0.3) is 0 Å². The first-order valence-electron chi connectivity index (χ1n) is 12.6. The molecule has 1 amide bonds. The molecule has 1 aliphatic rings. The minimum Gasteiger partial charge on any atom is -0.480 e. The van der Waals surface area contributed by atoms with Gasteiger partial charge in [0.1, 0.15) is 11.7 Å². The van der Waals surface area contributed by atoms with E-state index in [1.54, 1.807) is 13.8 Å². The van der Waals surface area contributed by atoms with Crippen LogP contribution >= 0.6 is 0 Å². The average molecular weight is 491 g/mol. The van der Waals surface area contributed by atoms with Crippen molar-refractivity contribution in [2.24, 2.45) is 11.8 Å². The van der Waals surface area contributed by atoms with E-state index in [-0.39, 0.29) is 30.5 Å². The summed E-state index contributed by atoms with van der Waals surface area (Å²) in [7, 11) is 0. The summed E-state index contributed by atoms with van der Waals surface area (Å²) in [5.41, 5.74) is 3.71. The zero-order valence-corrected chi connectivity index (χ0v) is 21.1. The molecule has 190 valence electrons. The van der Waals surface area contributed by atoms with E-state index in [1.165, 1.54) is 0 Å². The number of carbonyl (C=O) groups excluding carboxylic acids is 1. The highest BCUT2D eigenvalue weighted by atomic mass is 16.5. The Morgan fingerprint density at radius 3 is 2.47 bits per heavy atom. The summed E-state index contributed by atoms with van der Waals surface area (Å²) in [5.74, 6) is -0.450. The van der Waals surface area contributed by atoms with E-state index in [1.807, 2.05) is 61.5 Å². The van der Waals surface area contributed by atoms with Crippen molar-refractivity contribution in [3.05, 3.63) is 65.9 Å². The first-order valence-corrected chi connectivity index (χ1v) is 12.6. The zero-order valence-electron chi connectivity index (χ0n) is 21.1. The van der Waals surface area contributed by atoms with E-state index >= 15 is 0 Å². The number of benzene rings is 2. The molecule has 7 heteroatoms. The van der Waals surface area contributed by atoms with E-state index < -0.39 is 12.0 Å². The number of ether oxygens (including phenoxy) is 1. The lowest BCUT2D eigenvalue weighted by atomic mass is 9.86. The van der Waals surface area contributed by atoms with Crippen LogP contribution < -0.4 is 5.32 Å². The molecular formula is C29H34N2O5. The van der Waals surface area contributed by atoms with Gasteiger partial charge in [0.15, 0.2) is 5.76 Å². The molecule has 1 unspecified atom stereocenters. The summed E-state index contributed by atoms with van der Waals surface area (Å²) in [6.45, 7) is 5.89. The molecule has 4 rings (SSSR count). The Morgan fingerprint density at radius 1 is 1.08 bits per heavy atom. The van der Waals surface area contributed by atoms with Gasteiger partial charge < -0.3 is 19.6 Å². The first-order chi connectivity index (χ1) is 17.3. The van der Waals surface area contributed by atoms with Gasteiger partial charge in [-0.1, -0.05) is 68.3 Å². The van der Waals surface area contributed by atoms with Crippen LogP contribution in [0.1, 0.15) is 50.8 Å². The molecule has 7 nitrogen and oxygen atoms in total.